The molecule has 4 heteroatoms. The Hall–Kier alpha value is -0.870. The highest BCUT2D eigenvalue weighted by Crippen LogP contribution is 2.40. The van der Waals surface area contributed by atoms with Crippen LogP contribution in [0.2, 0.25) is 0 Å². The fraction of sp³-hybridized carbons (Fsp3) is 0.647. The van der Waals surface area contributed by atoms with E-state index >= 15 is 0 Å². The van der Waals surface area contributed by atoms with Gasteiger partial charge in [0.2, 0.25) is 0 Å². The molecule has 1 aliphatic carbocycles. The average molecular weight is 307 g/mol. The van der Waals surface area contributed by atoms with Gasteiger partial charge in [0, 0.05) is 6.04 Å². The van der Waals surface area contributed by atoms with E-state index in [-0.39, 0.29) is 6.04 Å². The van der Waals surface area contributed by atoms with Crippen molar-refractivity contribution in [3.05, 3.63) is 35.4 Å². The topological polar surface area (TPSA) is 46.2 Å². The first-order chi connectivity index (χ1) is 10.1. The Morgan fingerprint density at radius 3 is 2.57 bits per heavy atom. The highest BCUT2D eigenvalue weighted by molar-refractivity contribution is 7.91. The van der Waals surface area contributed by atoms with Crippen LogP contribution < -0.4 is 5.32 Å². The third-order valence-electron chi connectivity index (χ3n) is 5.16. The summed E-state index contributed by atoms with van der Waals surface area (Å²) in [6.45, 7) is 0. The molecule has 1 aliphatic heterocycles. The Balaban J connectivity index is 1.77. The largest absolute Gasteiger partial charge is 0.313 e. The Morgan fingerprint density at radius 2 is 2.00 bits per heavy atom. The maximum Gasteiger partial charge on any atom is 0.150 e. The normalized spacial score (nSPS) is 26.4. The molecule has 0 radical (unpaired) electrons. The lowest BCUT2D eigenvalue weighted by molar-refractivity contribution is 0.399. The van der Waals surface area contributed by atoms with Crippen LogP contribution in [0.25, 0.3) is 0 Å². The van der Waals surface area contributed by atoms with Crippen LogP contribution in [0.1, 0.15) is 55.2 Å². The van der Waals surface area contributed by atoms with Crippen LogP contribution in [0.3, 0.4) is 0 Å². The van der Waals surface area contributed by atoms with Gasteiger partial charge < -0.3 is 5.32 Å². The molecule has 2 unspecified atom stereocenters. The van der Waals surface area contributed by atoms with Crippen LogP contribution in [0.15, 0.2) is 24.3 Å². The van der Waals surface area contributed by atoms with E-state index in [1.807, 2.05) is 7.05 Å². The maximum absolute atomic E-state index is 11.7. The molecule has 2 fully saturated rings. The summed E-state index contributed by atoms with van der Waals surface area (Å²) in [5.41, 5.74) is 2.86. The molecule has 3 nitrogen and oxygen atoms in total. The molecule has 1 aromatic carbocycles. The second-order valence-corrected chi connectivity index (χ2v) is 8.83. The summed E-state index contributed by atoms with van der Waals surface area (Å²) in [5.74, 6) is 1.76. The van der Waals surface area contributed by atoms with Crippen LogP contribution in [0.5, 0.6) is 0 Å². The summed E-state index contributed by atoms with van der Waals surface area (Å²) in [6, 6.07) is 8.99. The Labute approximate surface area is 128 Å². The van der Waals surface area contributed by atoms with Gasteiger partial charge in [0.05, 0.1) is 11.5 Å². The average Bonchev–Trinajstić information content (AvgIpc) is 2.74. The number of hydrogen-bond donors (Lipinski definition) is 1. The van der Waals surface area contributed by atoms with E-state index in [0.717, 1.165) is 12.8 Å². The first kappa shape index (κ1) is 15.0. The molecule has 1 saturated carbocycles. The molecule has 1 N–H and O–H groups in total. The van der Waals surface area contributed by atoms with Gasteiger partial charge in [-0.05, 0) is 55.7 Å². The van der Waals surface area contributed by atoms with Gasteiger partial charge in [0.1, 0.15) is 0 Å². The van der Waals surface area contributed by atoms with Crippen LogP contribution in [0.4, 0.5) is 0 Å². The zero-order chi connectivity index (χ0) is 14.9. The van der Waals surface area contributed by atoms with Gasteiger partial charge in [-0.25, -0.2) is 8.42 Å². The Kier molecular flexibility index (Phi) is 4.36. The molecule has 1 saturated heterocycles. The summed E-state index contributed by atoms with van der Waals surface area (Å²) in [6.07, 6.45) is 5.69. The zero-order valence-electron chi connectivity index (χ0n) is 12.7. The Bertz CT molecular complexity index is 593. The van der Waals surface area contributed by atoms with E-state index in [0.29, 0.717) is 23.3 Å². The van der Waals surface area contributed by atoms with Crippen LogP contribution in [0, 0.1) is 5.92 Å². The van der Waals surface area contributed by atoms with Crippen LogP contribution in [-0.4, -0.2) is 27.0 Å². The minimum atomic E-state index is -2.78. The summed E-state index contributed by atoms with van der Waals surface area (Å²) in [4.78, 5) is 0. The van der Waals surface area contributed by atoms with Gasteiger partial charge in [-0.3, -0.25) is 0 Å². The summed E-state index contributed by atoms with van der Waals surface area (Å²) in [7, 11) is -0.787. The molecular formula is C17H25NO2S. The number of rotatable bonds is 5. The number of nitrogens with one attached hydrogen (secondary N) is 1. The van der Waals surface area contributed by atoms with Crippen molar-refractivity contribution in [3.63, 3.8) is 0 Å². The van der Waals surface area contributed by atoms with Crippen molar-refractivity contribution in [2.45, 2.75) is 44.1 Å². The molecule has 21 heavy (non-hydrogen) atoms. The SMILES string of the molecule is CNC(CC1CCS(=O)(=O)C1)c1ccccc1C1CCC1. The summed E-state index contributed by atoms with van der Waals surface area (Å²) < 4.78 is 23.3. The fourth-order valence-electron chi connectivity index (χ4n) is 3.71. The van der Waals surface area contributed by atoms with Gasteiger partial charge in [-0.1, -0.05) is 30.7 Å². The van der Waals surface area contributed by atoms with Crippen molar-refractivity contribution < 1.29 is 8.42 Å². The maximum atomic E-state index is 11.7. The highest BCUT2D eigenvalue weighted by atomic mass is 32.2. The molecule has 3 rings (SSSR count). The molecule has 1 aromatic rings. The minimum Gasteiger partial charge on any atom is -0.313 e. The molecule has 0 spiro atoms. The van der Waals surface area contributed by atoms with E-state index in [2.05, 4.69) is 29.6 Å². The summed E-state index contributed by atoms with van der Waals surface area (Å²) >= 11 is 0. The highest BCUT2D eigenvalue weighted by Gasteiger charge is 2.31. The third-order valence-corrected chi connectivity index (χ3v) is 7.00. The fourth-order valence-corrected chi connectivity index (χ4v) is 5.59. The predicted molar refractivity (Wildman–Crippen MR) is 86.2 cm³/mol. The smallest absolute Gasteiger partial charge is 0.150 e. The van der Waals surface area contributed by atoms with Crippen molar-refractivity contribution in [3.8, 4) is 0 Å². The quantitative estimate of drug-likeness (QED) is 0.909. The molecule has 0 bridgehead atoms. The van der Waals surface area contributed by atoms with Crippen LogP contribution >= 0.6 is 0 Å². The van der Waals surface area contributed by atoms with Crippen molar-refractivity contribution in [1.29, 1.82) is 0 Å². The lowest BCUT2D eigenvalue weighted by Crippen LogP contribution is -2.23. The second kappa shape index (κ2) is 6.09. The van der Waals surface area contributed by atoms with Gasteiger partial charge in [0.15, 0.2) is 9.84 Å². The van der Waals surface area contributed by atoms with E-state index < -0.39 is 9.84 Å². The second-order valence-electron chi connectivity index (χ2n) is 6.60. The molecule has 2 aliphatic rings. The first-order valence-electron chi connectivity index (χ1n) is 8.05. The predicted octanol–water partition coefficient (Wildman–Crippen LogP) is 3.04. The first-order valence-corrected chi connectivity index (χ1v) is 9.87. The monoisotopic (exact) mass is 307 g/mol. The third kappa shape index (κ3) is 3.32. The van der Waals surface area contributed by atoms with Gasteiger partial charge >= 0.3 is 0 Å². The summed E-state index contributed by atoms with van der Waals surface area (Å²) in [5, 5.41) is 3.42. The molecule has 0 amide bonds. The van der Waals surface area contributed by atoms with Crippen molar-refractivity contribution in [2.75, 3.05) is 18.6 Å². The van der Waals surface area contributed by atoms with Crippen molar-refractivity contribution in [1.82, 2.24) is 5.32 Å². The Morgan fingerprint density at radius 1 is 1.24 bits per heavy atom. The number of sulfone groups is 1. The van der Waals surface area contributed by atoms with Gasteiger partial charge in [-0.15, -0.1) is 0 Å². The van der Waals surface area contributed by atoms with E-state index in [4.69, 9.17) is 0 Å². The molecule has 0 aromatic heterocycles. The van der Waals surface area contributed by atoms with Crippen molar-refractivity contribution >= 4 is 9.84 Å². The molecule has 1 heterocycles. The standard InChI is InChI=1S/C17H25NO2S/c1-18-17(11-13-9-10-21(19,20)12-13)16-8-3-2-7-15(16)14-5-4-6-14/h2-3,7-8,13-14,17-18H,4-6,9-12H2,1H3. The number of hydrogen-bond acceptors (Lipinski definition) is 3. The lowest BCUT2D eigenvalue weighted by Gasteiger charge is -2.31. The van der Waals surface area contributed by atoms with E-state index in [9.17, 15) is 8.42 Å². The minimum absolute atomic E-state index is 0.278. The molecule has 116 valence electrons. The lowest BCUT2D eigenvalue weighted by atomic mass is 9.76. The molecular weight excluding hydrogens is 282 g/mol. The van der Waals surface area contributed by atoms with Crippen LogP contribution in [-0.2, 0) is 9.84 Å². The van der Waals surface area contributed by atoms with Gasteiger partial charge in [-0.2, -0.15) is 0 Å². The number of benzene rings is 1. The molecule has 2 atom stereocenters. The van der Waals surface area contributed by atoms with Gasteiger partial charge in [0.25, 0.3) is 0 Å². The van der Waals surface area contributed by atoms with Crippen molar-refractivity contribution in [2.24, 2.45) is 5.92 Å². The van der Waals surface area contributed by atoms with E-state index in [1.165, 1.54) is 30.4 Å². The zero-order valence-corrected chi connectivity index (χ0v) is 13.5. The van der Waals surface area contributed by atoms with E-state index in [1.54, 1.807) is 0 Å².